The Morgan fingerprint density at radius 2 is 1.75 bits per heavy atom. The first kappa shape index (κ1) is 30.7. The predicted molar refractivity (Wildman–Crippen MR) is 155 cm³/mol. The van der Waals surface area contributed by atoms with Gasteiger partial charge in [0.2, 0.25) is 0 Å². The smallest absolute Gasteiger partial charge is 0.348 e. The lowest BCUT2D eigenvalue weighted by Gasteiger charge is -2.38. The number of hydrogen-bond acceptors (Lipinski definition) is 4. The average Bonchev–Trinajstić information content (AvgIpc) is 3.44. The van der Waals surface area contributed by atoms with Gasteiger partial charge in [0, 0.05) is 30.1 Å². The summed E-state index contributed by atoms with van der Waals surface area (Å²) in [6.07, 6.45) is -3.08. The number of aromatic nitrogens is 2. The van der Waals surface area contributed by atoms with Gasteiger partial charge in [-0.3, -0.25) is 19.3 Å². The molecule has 44 heavy (non-hydrogen) atoms. The van der Waals surface area contributed by atoms with Crippen LogP contribution in [0.4, 0.5) is 23.4 Å². The molecule has 13 heteroatoms. The summed E-state index contributed by atoms with van der Waals surface area (Å²) >= 11 is 5.22. The molecule has 3 aromatic carbocycles. The third-order valence-corrected chi connectivity index (χ3v) is 7.46. The average molecular weight is 628 g/mol. The molecular formula is C31H26ClF4N5O3. The van der Waals surface area contributed by atoms with Crippen LogP contribution in [-0.2, 0) is 22.3 Å². The Balaban J connectivity index is 1.60. The molecular weight excluding hydrogens is 602 g/mol. The predicted octanol–water partition coefficient (Wildman–Crippen LogP) is 5.34. The van der Waals surface area contributed by atoms with Gasteiger partial charge in [0.15, 0.2) is 0 Å². The number of carbonyl (C=O) groups is 3. The Labute approximate surface area is 254 Å². The molecule has 0 saturated heterocycles. The fourth-order valence-electron chi connectivity index (χ4n) is 5.24. The van der Waals surface area contributed by atoms with Gasteiger partial charge in [0.1, 0.15) is 11.9 Å². The number of anilines is 1. The Morgan fingerprint density at radius 3 is 2.43 bits per heavy atom. The van der Waals surface area contributed by atoms with E-state index in [0.29, 0.717) is 28.2 Å². The van der Waals surface area contributed by atoms with Gasteiger partial charge in [-0.05, 0) is 48.4 Å². The molecule has 1 aliphatic rings. The van der Waals surface area contributed by atoms with E-state index in [4.69, 9.17) is 11.6 Å². The highest BCUT2D eigenvalue weighted by atomic mass is 35.5. The second-order valence-corrected chi connectivity index (χ2v) is 10.4. The summed E-state index contributed by atoms with van der Waals surface area (Å²) in [5.41, 5.74) is -1.13. The Morgan fingerprint density at radius 1 is 1.02 bits per heavy atom. The first-order valence-electron chi connectivity index (χ1n) is 13.6. The summed E-state index contributed by atoms with van der Waals surface area (Å²) in [5.74, 6) is -2.73. The van der Waals surface area contributed by atoms with Gasteiger partial charge in [0.25, 0.3) is 23.4 Å². The summed E-state index contributed by atoms with van der Waals surface area (Å²) in [7, 11) is 0. The van der Waals surface area contributed by atoms with E-state index >= 15 is 0 Å². The van der Waals surface area contributed by atoms with Crippen molar-refractivity contribution >= 4 is 35.1 Å². The molecule has 0 saturated carbocycles. The number of benzene rings is 3. The van der Waals surface area contributed by atoms with E-state index in [-0.39, 0.29) is 18.7 Å². The minimum absolute atomic E-state index is 0.0705. The number of carbonyl (C=O) groups excluding carboxylic acids is 3. The molecule has 4 aromatic rings. The van der Waals surface area contributed by atoms with Crippen LogP contribution in [0.25, 0.3) is 5.69 Å². The van der Waals surface area contributed by atoms with E-state index in [0.717, 1.165) is 18.2 Å². The van der Waals surface area contributed by atoms with Crippen molar-refractivity contribution in [3.8, 4) is 5.69 Å². The normalized spacial score (nSPS) is 17.1. The molecule has 8 nitrogen and oxygen atoms in total. The standard InChI is InChI=1S/C31H26ClF4N5O3/c1-2-40-29-23(17-38-41(29)22-12-4-3-5-13-22)24(19-9-6-8-18(14-19)16-37-28(43)26(32)33)25(30(40)44)39-27(42)20-10-7-11-21(15-20)31(34,35)36/h3-15,17,24-26H,2,16H2,1H3,(H,37,43)(H,39,42)/t24-,25+,26?/m1/s1. The summed E-state index contributed by atoms with van der Waals surface area (Å²) in [6, 6.07) is 18.6. The Bertz CT molecular complexity index is 1690. The zero-order chi connectivity index (χ0) is 31.6. The van der Waals surface area contributed by atoms with Crippen LogP contribution in [0.1, 0.15) is 45.5 Å². The molecule has 2 heterocycles. The van der Waals surface area contributed by atoms with Crippen molar-refractivity contribution in [3.05, 3.63) is 113 Å². The van der Waals surface area contributed by atoms with E-state index in [9.17, 15) is 31.9 Å². The van der Waals surface area contributed by atoms with E-state index in [2.05, 4.69) is 15.7 Å². The molecule has 1 aliphatic heterocycles. The first-order valence-corrected chi connectivity index (χ1v) is 14.0. The van der Waals surface area contributed by atoms with E-state index in [1.807, 2.05) is 30.3 Å². The van der Waals surface area contributed by atoms with Crippen molar-refractivity contribution in [3.63, 3.8) is 0 Å². The maximum absolute atomic E-state index is 14.1. The number of fused-ring (bicyclic) bond motifs is 1. The fourth-order valence-corrected chi connectivity index (χ4v) is 5.32. The highest BCUT2D eigenvalue weighted by Gasteiger charge is 2.44. The van der Waals surface area contributed by atoms with Gasteiger partial charge in [-0.15, -0.1) is 0 Å². The van der Waals surface area contributed by atoms with Gasteiger partial charge >= 0.3 is 6.18 Å². The van der Waals surface area contributed by atoms with E-state index < -0.39 is 47.1 Å². The van der Waals surface area contributed by atoms with Crippen molar-refractivity contribution < 1.29 is 31.9 Å². The number of para-hydroxylation sites is 1. The number of nitrogens with zero attached hydrogens (tertiary/aromatic N) is 3. The van der Waals surface area contributed by atoms with Gasteiger partial charge in [-0.1, -0.05) is 60.1 Å². The lowest BCUT2D eigenvalue weighted by molar-refractivity contribution is -0.137. The number of alkyl halides is 5. The van der Waals surface area contributed by atoms with Crippen LogP contribution in [0.15, 0.2) is 85.1 Å². The first-order chi connectivity index (χ1) is 21.0. The zero-order valence-corrected chi connectivity index (χ0v) is 23.9. The molecule has 3 atom stereocenters. The van der Waals surface area contributed by atoms with Gasteiger partial charge < -0.3 is 10.6 Å². The lowest BCUT2D eigenvalue weighted by Crippen LogP contribution is -2.55. The van der Waals surface area contributed by atoms with Crippen LogP contribution < -0.4 is 15.5 Å². The number of nitrogens with one attached hydrogen (secondary N) is 2. The van der Waals surface area contributed by atoms with Crippen molar-refractivity contribution in [1.29, 1.82) is 0 Å². The second kappa shape index (κ2) is 12.5. The molecule has 0 bridgehead atoms. The number of amides is 3. The van der Waals surface area contributed by atoms with Crippen molar-refractivity contribution in [2.45, 2.75) is 37.2 Å². The van der Waals surface area contributed by atoms with Gasteiger partial charge in [-0.25, -0.2) is 9.07 Å². The minimum atomic E-state index is -4.67. The van der Waals surface area contributed by atoms with Crippen molar-refractivity contribution in [1.82, 2.24) is 20.4 Å². The summed E-state index contributed by atoms with van der Waals surface area (Å²) in [4.78, 5) is 40.7. The second-order valence-electron chi connectivity index (χ2n) is 10.0. The maximum Gasteiger partial charge on any atom is 0.416 e. The summed E-state index contributed by atoms with van der Waals surface area (Å²) in [6.45, 7) is 1.90. The van der Waals surface area contributed by atoms with Gasteiger partial charge in [0.05, 0.1) is 17.4 Å². The monoisotopic (exact) mass is 627 g/mol. The van der Waals surface area contributed by atoms with Crippen molar-refractivity contribution in [2.24, 2.45) is 0 Å². The minimum Gasteiger partial charge on any atom is -0.348 e. The van der Waals surface area contributed by atoms with Crippen LogP contribution in [0.3, 0.4) is 0 Å². The lowest BCUT2D eigenvalue weighted by atomic mass is 9.81. The van der Waals surface area contributed by atoms with Crippen LogP contribution >= 0.6 is 11.6 Å². The molecule has 3 amide bonds. The van der Waals surface area contributed by atoms with Crippen molar-refractivity contribution in [2.75, 3.05) is 11.4 Å². The van der Waals surface area contributed by atoms with E-state index in [1.54, 1.807) is 42.1 Å². The Kier molecular flexibility index (Phi) is 8.73. The van der Waals surface area contributed by atoms with E-state index in [1.165, 1.54) is 11.0 Å². The molecule has 0 radical (unpaired) electrons. The Hall–Kier alpha value is -4.71. The molecule has 228 valence electrons. The molecule has 1 aromatic heterocycles. The topological polar surface area (TPSA) is 96.3 Å². The zero-order valence-electron chi connectivity index (χ0n) is 23.2. The third-order valence-electron chi connectivity index (χ3n) is 7.26. The molecule has 2 N–H and O–H groups in total. The highest BCUT2D eigenvalue weighted by molar-refractivity contribution is 6.29. The number of hydrogen-bond donors (Lipinski definition) is 2. The molecule has 1 unspecified atom stereocenters. The molecule has 0 spiro atoms. The highest BCUT2D eigenvalue weighted by Crippen LogP contribution is 2.41. The van der Waals surface area contributed by atoms with Gasteiger partial charge in [-0.2, -0.15) is 18.3 Å². The number of halogens is 5. The number of likely N-dealkylation sites (N-methyl/N-ethyl adjacent to an activating group) is 1. The van der Waals surface area contributed by atoms with Crippen LogP contribution in [0.2, 0.25) is 0 Å². The summed E-state index contributed by atoms with van der Waals surface area (Å²) in [5, 5.41) is 9.62. The third kappa shape index (κ3) is 6.16. The van der Waals surface area contributed by atoms with Crippen LogP contribution in [0.5, 0.6) is 0 Å². The molecule has 0 fully saturated rings. The summed E-state index contributed by atoms with van der Waals surface area (Å²) < 4.78 is 54.9. The SMILES string of the molecule is CCN1C(=O)[C@@H](NC(=O)c2cccc(C(F)(F)F)c2)[C@H](c2cccc(CNC(=O)C(F)Cl)c2)c2cnn(-c3ccccc3)c21. The van der Waals surface area contributed by atoms with Crippen LogP contribution in [-0.4, -0.2) is 45.7 Å². The number of rotatable bonds is 8. The van der Waals surface area contributed by atoms with Crippen LogP contribution in [0, 0.1) is 0 Å². The fraction of sp³-hybridized carbons (Fsp3) is 0.226. The largest absolute Gasteiger partial charge is 0.416 e. The quantitative estimate of drug-likeness (QED) is 0.204. The molecule has 0 aliphatic carbocycles. The maximum atomic E-state index is 14.1. The molecule has 5 rings (SSSR count).